The zero-order valence-electron chi connectivity index (χ0n) is 16.5. The van der Waals surface area contributed by atoms with E-state index in [0.717, 1.165) is 5.56 Å². The normalized spacial score (nSPS) is 26.3. The number of halogens is 1. The predicted molar refractivity (Wildman–Crippen MR) is 104 cm³/mol. The second-order valence-corrected chi connectivity index (χ2v) is 7.37. The molecule has 0 unspecified atom stereocenters. The maximum atomic E-state index is 11.6. The van der Waals surface area contributed by atoms with Gasteiger partial charge in [-0.1, -0.05) is 12.1 Å². The van der Waals surface area contributed by atoms with Gasteiger partial charge in [0.1, 0.15) is 24.5 Å². The van der Waals surface area contributed by atoms with Crippen LogP contribution < -0.4 is 10.5 Å². The Morgan fingerprint density at radius 2 is 1.69 bits per heavy atom. The Hall–Kier alpha value is -2.17. The van der Waals surface area contributed by atoms with E-state index in [1.165, 1.54) is 20.8 Å². The first kappa shape index (κ1) is 23.1. The van der Waals surface area contributed by atoms with Gasteiger partial charge < -0.3 is 29.4 Å². The Bertz CT molecular complexity index is 771. The van der Waals surface area contributed by atoms with Gasteiger partial charge in [0.25, 0.3) is 0 Å². The maximum absolute atomic E-state index is 11.6. The van der Waals surface area contributed by atoms with Crippen LogP contribution in [0.2, 0.25) is 0 Å². The fourth-order valence-corrected chi connectivity index (χ4v) is 3.23. The molecule has 2 N–H and O–H groups in total. The van der Waals surface area contributed by atoms with Crippen LogP contribution in [0, 0.1) is 6.92 Å². The third-order valence-electron chi connectivity index (χ3n) is 4.15. The summed E-state index contributed by atoms with van der Waals surface area (Å²) in [6.45, 7) is 5.29. The summed E-state index contributed by atoms with van der Waals surface area (Å²) in [5, 5.41) is 0. The number of rotatable bonds is 6. The van der Waals surface area contributed by atoms with Gasteiger partial charge in [0.15, 0.2) is 12.2 Å². The molecule has 0 bridgehead atoms. The van der Waals surface area contributed by atoms with E-state index in [0.29, 0.717) is 10.2 Å². The summed E-state index contributed by atoms with van der Waals surface area (Å²) in [6, 6.07) is 4.42. The summed E-state index contributed by atoms with van der Waals surface area (Å²) in [4.78, 5) is 34.5. The SMILES string of the molecule is CC(=O)OC[C@H]1O[C@@H](Oc2cccc(C)c2Br)[C@H](N)[C@@H](OC(C)=O)[C@H]1OC(C)=O. The van der Waals surface area contributed by atoms with Crippen molar-refractivity contribution >= 4 is 33.8 Å². The zero-order valence-corrected chi connectivity index (χ0v) is 18.1. The van der Waals surface area contributed by atoms with Gasteiger partial charge >= 0.3 is 17.9 Å². The first-order chi connectivity index (χ1) is 13.6. The number of nitrogens with two attached hydrogens (primary N) is 1. The van der Waals surface area contributed by atoms with Crippen molar-refractivity contribution in [1.82, 2.24) is 0 Å². The molecule has 0 aliphatic carbocycles. The van der Waals surface area contributed by atoms with Gasteiger partial charge in [-0.05, 0) is 34.5 Å². The van der Waals surface area contributed by atoms with Crippen LogP contribution in [0.3, 0.4) is 0 Å². The minimum atomic E-state index is -1.08. The quantitative estimate of drug-likeness (QED) is 0.484. The summed E-state index contributed by atoms with van der Waals surface area (Å²) in [6.07, 6.45) is -4.17. The summed E-state index contributed by atoms with van der Waals surface area (Å²) >= 11 is 3.45. The first-order valence-corrected chi connectivity index (χ1v) is 9.70. The third kappa shape index (κ3) is 6.15. The fraction of sp³-hybridized carbons (Fsp3) is 0.526. The van der Waals surface area contributed by atoms with Crippen molar-refractivity contribution in [3.8, 4) is 5.75 Å². The first-order valence-electron chi connectivity index (χ1n) is 8.90. The molecule has 0 aromatic heterocycles. The second-order valence-electron chi connectivity index (χ2n) is 6.58. The molecule has 1 aromatic carbocycles. The van der Waals surface area contributed by atoms with E-state index < -0.39 is 48.6 Å². The van der Waals surface area contributed by atoms with E-state index in [-0.39, 0.29) is 6.61 Å². The topological polar surface area (TPSA) is 123 Å². The highest BCUT2D eigenvalue weighted by atomic mass is 79.9. The Balaban J connectivity index is 2.34. The monoisotopic (exact) mass is 473 g/mol. The number of benzene rings is 1. The van der Waals surface area contributed by atoms with Crippen molar-refractivity contribution in [2.75, 3.05) is 6.61 Å². The van der Waals surface area contributed by atoms with Crippen LogP contribution in [0.5, 0.6) is 5.75 Å². The van der Waals surface area contributed by atoms with Gasteiger partial charge in [-0.25, -0.2) is 0 Å². The average Bonchev–Trinajstić information content (AvgIpc) is 2.62. The van der Waals surface area contributed by atoms with Crippen molar-refractivity contribution < 1.29 is 38.1 Å². The molecule has 2 rings (SSSR count). The van der Waals surface area contributed by atoms with Crippen molar-refractivity contribution in [3.63, 3.8) is 0 Å². The molecule has 10 heteroatoms. The molecule has 29 heavy (non-hydrogen) atoms. The fourth-order valence-electron chi connectivity index (χ4n) is 2.87. The zero-order chi connectivity index (χ0) is 21.7. The number of carbonyl (C=O) groups is 3. The van der Waals surface area contributed by atoms with Gasteiger partial charge in [-0.2, -0.15) is 0 Å². The highest BCUT2D eigenvalue weighted by molar-refractivity contribution is 9.10. The molecule has 0 spiro atoms. The number of carbonyl (C=O) groups excluding carboxylic acids is 3. The molecular formula is C19H24BrNO8. The standard InChI is InChI=1S/C19H24BrNO8/c1-9-6-5-7-13(15(9)20)28-19-16(21)18(27-12(4)24)17(26-11(3)23)14(29-19)8-25-10(2)22/h5-7,14,16-19H,8,21H2,1-4H3/t14-,16-,17+,18-,19-/m1/s1. The Morgan fingerprint density at radius 1 is 1.07 bits per heavy atom. The summed E-state index contributed by atoms with van der Waals surface area (Å²) in [7, 11) is 0. The van der Waals surface area contributed by atoms with Crippen molar-refractivity contribution in [1.29, 1.82) is 0 Å². The van der Waals surface area contributed by atoms with E-state index in [9.17, 15) is 14.4 Å². The molecule has 1 heterocycles. The van der Waals surface area contributed by atoms with Gasteiger partial charge in [0.05, 0.1) is 4.47 Å². The van der Waals surface area contributed by atoms with E-state index in [1.54, 1.807) is 12.1 Å². The van der Waals surface area contributed by atoms with Crippen molar-refractivity contribution in [3.05, 3.63) is 28.2 Å². The average molecular weight is 474 g/mol. The maximum Gasteiger partial charge on any atom is 0.303 e. The van der Waals surface area contributed by atoms with Gasteiger partial charge in [-0.15, -0.1) is 0 Å². The van der Waals surface area contributed by atoms with Crippen LogP contribution in [0.15, 0.2) is 22.7 Å². The molecule has 9 nitrogen and oxygen atoms in total. The van der Waals surface area contributed by atoms with E-state index in [4.69, 9.17) is 29.4 Å². The lowest BCUT2D eigenvalue weighted by Crippen LogP contribution is -2.65. The molecule has 1 aromatic rings. The van der Waals surface area contributed by atoms with Crippen LogP contribution in [0.25, 0.3) is 0 Å². The highest BCUT2D eigenvalue weighted by Gasteiger charge is 2.50. The molecule has 1 aliphatic rings. The number of hydrogen-bond acceptors (Lipinski definition) is 9. The molecule has 1 saturated heterocycles. The highest BCUT2D eigenvalue weighted by Crippen LogP contribution is 2.32. The lowest BCUT2D eigenvalue weighted by molar-refractivity contribution is -0.253. The molecule has 0 amide bonds. The van der Waals surface area contributed by atoms with E-state index in [1.807, 2.05) is 13.0 Å². The van der Waals surface area contributed by atoms with Crippen LogP contribution >= 0.6 is 15.9 Å². The Labute approximate surface area is 176 Å². The summed E-state index contributed by atoms with van der Waals surface area (Å²) in [5.41, 5.74) is 7.18. The number of aryl methyl sites for hydroxylation is 1. The van der Waals surface area contributed by atoms with E-state index in [2.05, 4.69) is 15.9 Å². The smallest absolute Gasteiger partial charge is 0.303 e. The van der Waals surface area contributed by atoms with Gasteiger partial charge in [0, 0.05) is 20.8 Å². The second kappa shape index (κ2) is 10.0. The Morgan fingerprint density at radius 3 is 2.28 bits per heavy atom. The van der Waals surface area contributed by atoms with Gasteiger partial charge in [0.2, 0.25) is 6.29 Å². The van der Waals surface area contributed by atoms with Crippen LogP contribution in [-0.2, 0) is 33.3 Å². The van der Waals surface area contributed by atoms with Crippen molar-refractivity contribution in [2.24, 2.45) is 5.73 Å². The molecule has 0 radical (unpaired) electrons. The molecule has 1 fully saturated rings. The molecule has 5 atom stereocenters. The van der Waals surface area contributed by atoms with Gasteiger partial charge in [-0.3, -0.25) is 14.4 Å². The van der Waals surface area contributed by atoms with E-state index >= 15 is 0 Å². The van der Waals surface area contributed by atoms with Crippen LogP contribution in [0.4, 0.5) is 0 Å². The largest absolute Gasteiger partial charge is 0.463 e. The lowest BCUT2D eigenvalue weighted by Gasteiger charge is -2.43. The predicted octanol–water partition coefficient (Wildman–Crippen LogP) is 1.62. The minimum Gasteiger partial charge on any atom is -0.463 e. The number of esters is 3. The van der Waals surface area contributed by atoms with Crippen LogP contribution in [0.1, 0.15) is 26.3 Å². The third-order valence-corrected chi connectivity index (χ3v) is 5.16. The van der Waals surface area contributed by atoms with Crippen LogP contribution in [-0.4, -0.2) is 55.2 Å². The molecule has 0 saturated carbocycles. The molecular weight excluding hydrogens is 450 g/mol. The summed E-state index contributed by atoms with van der Waals surface area (Å²) in [5.74, 6) is -1.33. The number of ether oxygens (including phenoxy) is 5. The minimum absolute atomic E-state index is 0.243. The molecule has 1 aliphatic heterocycles. The Kier molecular flexibility index (Phi) is 8.00. The molecule has 160 valence electrons. The number of hydrogen-bond donors (Lipinski definition) is 1. The van der Waals surface area contributed by atoms with Crippen molar-refractivity contribution in [2.45, 2.75) is 58.3 Å². The summed E-state index contributed by atoms with van der Waals surface area (Å²) < 4.78 is 28.1. The lowest BCUT2D eigenvalue weighted by atomic mass is 9.97.